The highest BCUT2D eigenvalue weighted by Crippen LogP contribution is 2.32. The second-order valence-corrected chi connectivity index (χ2v) is 6.32. The molecule has 3 aromatic heterocycles. The molecular formula is C17H17N7. The minimum atomic E-state index is 0.420. The Morgan fingerprint density at radius 3 is 2.79 bits per heavy atom. The van der Waals surface area contributed by atoms with Crippen LogP contribution < -0.4 is 4.90 Å². The largest absolute Gasteiger partial charge is 0.352 e. The van der Waals surface area contributed by atoms with Crippen molar-refractivity contribution in [2.24, 2.45) is 0 Å². The average molecular weight is 319 g/mol. The van der Waals surface area contributed by atoms with Gasteiger partial charge in [-0.25, -0.2) is 9.97 Å². The van der Waals surface area contributed by atoms with Gasteiger partial charge in [-0.05, 0) is 26.0 Å². The number of para-hydroxylation sites is 2. The Morgan fingerprint density at radius 1 is 1.08 bits per heavy atom. The van der Waals surface area contributed by atoms with Gasteiger partial charge in [-0.15, -0.1) is 0 Å². The lowest BCUT2D eigenvalue weighted by molar-refractivity contribution is 0.402. The molecule has 0 radical (unpaired) electrons. The lowest BCUT2D eigenvalue weighted by Gasteiger charge is -2.42. The smallest absolute Gasteiger partial charge is 0.254 e. The van der Waals surface area contributed by atoms with Crippen molar-refractivity contribution in [1.82, 2.24) is 29.1 Å². The molecule has 4 aromatic rings. The normalized spacial score (nSPS) is 15.3. The molecule has 0 atom stereocenters. The van der Waals surface area contributed by atoms with Crippen molar-refractivity contribution < 1.29 is 0 Å². The molecule has 4 heterocycles. The first-order valence-corrected chi connectivity index (χ1v) is 8.06. The van der Waals surface area contributed by atoms with Gasteiger partial charge in [0.2, 0.25) is 0 Å². The Balaban J connectivity index is 1.50. The lowest BCUT2D eigenvalue weighted by atomic mass is 10.1. The van der Waals surface area contributed by atoms with Gasteiger partial charge >= 0.3 is 0 Å². The molecule has 1 aliphatic heterocycles. The summed E-state index contributed by atoms with van der Waals surface area (Å²) < 4.78 is 4.11. The van der Waals surface area contributed by atoms with Crippen LogP contribution in [0.15, 0.2) is 36.9 Å². The molecule has 1 aliphatic rings. The molecule has 1 fully saturated rings. The van der Waals surface area contributed by atoms with E-state index in [2.05, 4.69) is 54.6 Å². The second-order valence-electron chi connectivity index (χ2n) is 6.32. The van der Waals surface area contributed by atoms with Gasteiger partial charge in [-0.2, -0.15) is 14.6 Å². The van der Waals surface area contributed by atoms with Gasteiger partial charge in [-0.3, -0.25) is 0 Å². The van der Waals surface area contributed by atoms with Crippen LogP contribution in [0.2, 0.25) is 0 Å². The van der Waals surface area contributed by atoms with E-state index in [9.17, 15) is 0 Å². The van der Waals surface area contributed by atoms with Gasteiger partial charge in [0.05, 0.1) is 23.4 Å². The second kappa shape index (κ2) is 4.77. The van der Waals surface area contributed by atoms with E-state index in [0.29, 0.717) is 11.8 Å². The average Bonchev–Trinajstić information content (AvgIpc) is 3.16. The van der Waals surface area contributed by atoms with E-state index in [4.69, 9.17) is 0 Å². The van der Waals surface area contributed by atoms with Crippen molar-refractivity contribution >= 4 is 22.6 Å². The van der Waals surface area contributed by atoms with E-state index >= 15 is 0 Å². The van der Waals surface area contributed by atoms with E-state index in [-0.39, 0.29) is 0 Å². The fourth-order valence-electron chi connectivity index (χ4n) is 3.46. The Morgan fingerprint density at radius 2 is 1.92 bits per heavy atom. The maximum Gasteiger partial charge on any atom is 0.254 e. The molecular weight excluding hydrogens is 302 g/mol. The summed E-state index contributed by atoms with van der Waals surface area (Å²) in [6.45, 7) is 5.98. The number of imidazole rings is 1. The monoisotopic (exact) mass is 319 g/mol. The molecule has 1 saturated heterocycles. The standard InChI is InChI=1S/C17H17N7/c1-11-12(2)21-17-18-9-20-24(17)16(11)22-7-13(8-22)23-10-19-14-5-3-4-6-15(14)23/h3-6,9-10,13H,7-8H2,1-2H3. The molecule has 0 N–H and O–H groups in total. The van der Waals surface area contributed by atoms with Crippen LogP contribution in [-0.4, -0.2) is 42.2 Å². The number of nitrogens with zero attached hydrogens (tertiary/aromatic N) is 7. The summed E-state index contributed by atoms with van der Waals surface area (Å²) in [6.07, 6.45) is 3.51. The molecule has 0 saturated carbocycles. The first-order valence-electron chi connectivity index (χ1n) is 8.06. The van der Waals surface area contributed by atoms with E-state index in [1.54, 1.807) is 6.33 Å². The Bertz CT molecular complexity index is 1060. The first kappa shape index (κ1) is 13.5. The van der Waals surface area contributed by atoms with Crippen LogP contribution in [0.3, 0.4) is 0 Å². The number of aromatic nitrogens is 6. The zero-order chi connectivity index (χ0) is 16.3. The summed E-state index contributed by atoms with van der Waals surface area (Å²) in [4.78, 5) is 15.6. The zero-order valence-corrected chi connectivity index (χ0v) is 13.6. The molecule has 0 amide bonds. The van der Waals surface area contributed by atoms with Crippen molar-refractivity contribution in [1.29, 1.82) is 0 Å². The minimum Gasteiger partial charge on any atom is -0.352 e. The Hall–Kier alpha value is -2.96. The van der Waals surface area contributed by atoms with Gasteiger partial charge in [0.25, 0.3) is 5.78 Å². The topological polar surface area (TPSA) is 64.1 Å². The molecule has 0 bridgehead atoms. The number of hydrogen-bond acceptors (Lipinski definition) is 5. The maximum absolute atomic E-state index is 4.50. The van der Waals surface area contributed by atoms with Crippen LogP contribution in [0.5, 0.6) is 0 Å². The Kier molecular flexibility index (Phi) is 2.68. The summed E-state index contributed by atoms with van der Waals surface area (Å²) in [5.41, 5.74) is 4.39. The highest BCUT2D eigenvalue weighted by atomic mass is 15.4. The van der Waals surface area contributed by atoms with E-state index in [1.165, 1.54) is 5.52 Å². The molecule has 0 spiro atoms. The molecule has 5 rings (SSSR count). The van der Waals surface area contributed by atoms with E-state index in [0.717, 1.165) is 35.7 Å². The van der Waals surface area contributed by atoms with Gasteiger partial charge in [0.15, 0.2) is 0 Å². The molecule has 1 aromatic carbocycles. The fraction of sp³-hybridized carbons (Fsp3) is 0.294. The summed E-state index contributed by atoms with van der Waals surface area (Å²) >= 11 is 0. The van der Waals surface area contributed by atoms with Gasteiger partial charge in [0.1, 0.15) is 12.1 Å². The van der Waals surface area contributed by atoms with Gasteiger partial charge < -0.3 is 9.47 Å². The quantitative estimate of drug-likeness (QED) is 0.566. The fourth-order valence-corrected chi connectivity index (χ4v) is 3.46. The van der Waals surface area contributed by atoms with Crippen molar-refractivity contribution in [2.75, 3.05) is 18.0 Å². The van der Waals surface area contributed by atoms with Crippen molar-refractivity contribution in [3.8, 4) is 0 Å². The van der Waals surface area contributed by atoms with E-state index in [1.807, 2.05) is 23.8 Å². The third kappa shape index (κ3) is 1.78. The highest BCUT2D eigenvalue weighted by molar-refractivity contribution is 5.75. The van der Waals surface area contributed by atoms with Crippen LogP contribution in [0, 0.1) is 13.8 Å². The zero-order valence-electron chi connectivity index (χ0n) is 13.6. The van der Waals surface area contributed by atoms with Crippen LogP contribution in [0.4, 0.5) is 5.82 Å². The molecule has 120 valence electrons. The Labute approximate surface area is 138 Å². The van der Waals surface area contributed by atoms with Crippen LogP contribution in [-0.2, 0) is 0 Å². The third-order valence-electron chi connectivity index (χ3n) is 4.91. The van der Waals surface area contributed by atoms with Gasteiger partial charge in [0, 0.05) is 24.3 Å². The van der Waals surface area contributed by atoms with Crippen molar-refractivity contribution in [3.63, 3.8) is 0 Å². The lowest BCUT2D eigenvalue weighted by Crippen LogP contribution is -2.49. The van der Waals surface area contributed by atoms with Crippen LogP contribution in [0.1, 0.15) is 17.3 Å². The van der Waals surface area contributed by atoms with Crippen LogP contribution in [0.25, 0.3) is 16.8 Å². The minimum absolute atomic E-state index is 0.420. The number of benzene rings is 1. The highest BCUT2D eigenvalue weighted by Gasteiger charge is 2.32. The number of rotatable bonds is 2. The van der Waals surface area contributed by atoms with Crippen LogP contribution >= 0.6 is 0 Å². The van der Waals surface area contributed by atoms with Crippen molar-refractivity contribution in [2.45, 2.75) is 19.9 Å². The summed E-state index contributed by atoms with van der Waals surface area (Å²) in [7, 11) is 0. The molecule has 0 unspecified atom stereocenters. The number of anilines is 1. The number of aryl methyl sites for hydroxylation is 1. The van der Waals surface area contributed by atoms with E-state index < -0.39 is 0 Å². The van der Waals surface area contributed by atoms with Crippen molar-refractivity contribution in [3.05, 3.63) is 48.2 Å². The third-order valence-corrected chi connectivity index (χ3v) is 4.91. The summed E-state index contributed by atoms with van der Waals surface area (Å²) in [6, 6.07) is 8.69. The SMILES string of the molecule is Cc1nc2ncnn2c(N2CC(n3cnc4ccccc43)C2)c1C. The number of fused-ring (bicyclic) bond motifs is 2. The molecule has 7 nitrogen and oxygen atoms in total. The summed E-state index contributed by atoms with van der Waals surface area (Å²) in [5.74, 6) is 1.75. The molecule has 24 heavy (non-hydrogen) atoms. The summed E-state index contributed by atoms with van der Waals surface area (Å²) in [5, 5.41) is 4.34. The van der Waals surface area contributed by atoms with Gasteiger partial charge in [-0.1, -0.05) is 12.1 Å². The molecule has 7 heteroatoms. The first-order chi connectivity index (χ1) is 11.7. The maximum atomic E-state index is 4.50. The predicted octanol–water partition coefficient (Wildman–Crippen LogP) is 2.15. The number of hydrogen-bond donors (Lipinski definition) is 0. The predicted molar refractivity (Wildman–Crippen MR) is 91.2 cm³/mol. The molecule has 0 aliphatic carbocycles.